The lowest BCUT2D eigenvalue weighted by Crippen LogP contribution is -2.32. The number of nitrogens with zero attached hydrogens (tertiary/aromatic N) is 1. The molecule has 0 saturated heterocycles. The van der Waals surface area contributed by atoms with E-state index in [0.717, 1.165) is 0 Å². The van der Waals surface area contributed by atoms with Crippen molar-refractivity contribution in [3.8, 4) is 0 Å². The molecule has 5 nitrogen and oxygen atoms in total. The Kier molecular flexibility index (Phi) is 2.31. The maximum absolute atomic E-state index is 10.3. The lowest BCUT2D eigenvalue weighted by molar-refractivity contribution is -0.384. The molecule has 13 heavy (non-hydrogen) atoms. The van der Waals surface area contributed by atoms with Crippen LogP contribution in [-0.2, 0) is 5.72 Å². The minimum Gasteiger partial charge on any atom is -0.372 e. The number of nitro groups is 1. The van der Waals surface area contributed by atoms with Gasteiger partial charge in [-0.3, -0.25) is 10.1 Å². The third kappa shape index (κ3) is 2.24. The molecule has 0 amide bonds. The van der Waals surface area contributed by atoms with Crippen molar-refractivity contribution in [1.82, 2.24) is 0 Å². The first kappa shape index (κ1) is 9.63. The molecule has 0 spiro atoms. The van der Waals surface area contributed by atoms with Gasteiger partial charge in [-0.1, -0.05) is 0 Å². The molecule has 5 heteroatoms. The van der Waals surface area contributed by atoms with E-state index in [1.807, 2.05) is 0 Å². The molecule has 3 N–H and O–H groups in total. The Balaban J connectivity index is 3.01. The fraction of sp³-hybridized carbons (Fsp3) is 0.250. The van der Waals surface area contributed by atoms with Gasteiger partial charge in [0.2, 0.25) is 0 Å². The molecular formula is C8H10N2O3. The summed E-state index contributed by atoms with van der Waals surface area (Å²) in [4.78, 5) is 9.77. The van der Waals surface area contributed by atoms with Gasteiger partial charge in [0.05, 0.1) is 4.92 Å². The van der Waals surface area contributed by atoms with E-state index in [2.05, 4.69) is 0 Å². The molecule has 0 aliphatic rings. The van der Waals surface area contributed by atoms with E-state index < -0.39 is 10.6 Å². The Hall–Kier alpha value is -1.46. The number of aliphatic hydroxyl groups is 1. The second-order valence-corrected chi connectivity index (χ2v) is 2.95. The third-order valence-electron chi connectivity index (χ3n) is 1.66. The average Bonchev–Trinajstić information content (AvgIpc) is 2.03. The molecule has 1 aromatic carbocycles. The second kappa shape index (κ2) is 3.12. The van der Waals surface area contributed by atoms with Gasteiger partial charge in [-0.2, -0.15) is 0 Å². The fourth-order valence-corrected chi connectivity index (χ4v) is 0.921. The average molecular weight is 182 g/mol. The van der Waals surface area contributed by atoms with Crippen molar-refractivity contribution in [3.05, 3.63) is 39.9 Å². The van der Waals surface area contributed by atoms with E-state index in [-0.39, 0.29) is 5.69 Å². The summed E-state index contributed by atoms with van der Waals surface area (Å²) in [5, 5.41) is 19.6. The molecule has 0 aromatic heterocycles. The summed E-state index contributed by atoms with van der Waals surface area (Å²) in [7, 11) is 0. The van der Waals surface area contributed by atoms with E-state index in [1.54, 1.807) is 0 Å². The number of hydrogen-bond acceptors (Lipinski definition) is 4. The number of rotatable bonds is 2. The van der Waals surface area contributed by atoms with E-state index >= 15 is 0 Å². The molecule has 1 atom stereocenters. The van der Waals surface area contributed by atoms with Crippen LogP contribution in [0, 0.1) is 10.1 Å². The number of nitrogens with two attached hydrogens (primary N) is 1. The van der Waals surface area contributed by atoms with Crippen molar-refractivity contribution in [3.63, 3.8) is 0 Å². The third-order valence-corrected chi connectivity index (χ3v) is 1.66. The van der Waals surface area contributed by atoms with Gasteiger partial charge in [-0.05, 0) is 24.6 Å². The van der Waals surface area contributed by atoms with Crippen LogP contribution in [0.15, 0.2) is 24.3 Å². The highest BCUT2D eigenvalue weighted by Gasteiger charge is 2.17. The van der Waals surface area contributed by atoms with Crippen LogP contribution in [0.1, 0.15) is 12.5 Å². The minimum atomic E-state index is -1.45. The van der Waals surface area contributed by atoms with Crippen LogP contribution < -0.4 is 5.73 Å². The molecule has 0 radical (unpaired) electrons. The van der Waals surface area contributed by atoms with Gasteiger partial charge in [0.1, 0.15) is 5.72 Å². The standard InChI is InChI=1S/C8H10N2O3/c1-8(9,11)6-2-4-7(5-3-6)10(12)13/h2-5,11H,9H2,1H3. The van der Waals surface area contributed by atoms with Gasteiger partial charge in [-0.15, -0.1) is 0 Å². The van der Waals surface area contributed by atoms with E-state index in [9.17, 15) is 15.2 Å². The van der Waals surface area contributed by atoms with Crippen LogP contribution in [0.2, 0.25) is 0 Å². The highest BCUT2D eigenvalue weighted by atomic mass is 16.6. The molecule has 0 fully saturated rings. The van der Waals surface area contributed by atoms with Crippen LogP contribution in [0.5, 0.6) is 0 Å². The molecule has 1 unspecified atom stereocenters. The first-order chi connectivity index (χ1) is 5.91. The maximum Gasteiger partial charge on any atom is 0.269 e. The van der Waals surface area contributed by atoms with Gasteiger partial charge in [0.25, 0.3) is 5.69 Å². The SMILES string of the molecule is CC(N)(O)c1ccc([N+](=O)[O-])cc1. The van der Waals surface area contributed by atoms with Crippen molar-refractivity contribution in [2.24, 2.45) is 5.73 Å². The lowest BCUT2D eigenvalue weighted by Gasteiger charge is -2.16. The van der Waals surface area contributed by atoms with E-state index in [4.69, 9.17) is 5.73 Å². The molecule has 0 bridgehead atoms. The first-order valence-electron chi connectivity index (χ1n) is 3.67. The summed E-state index contributed by atoms with van der Waals surface area (Å²) in [5.74, 6) is 0. The maximum atomic E-state index is 10.3. The van der Waals surface area contributed by atoms with Gasteiger partial charge < -0.3 is 10.8 Å². The number of nitro benzene ring substituents is 1. The number of benzene rings is 1. The Labute approximate surface area is 74.9 Å². The highest BCUT2D eigenvalue weighted by molar-refractivity contribution is 5.34. The monoisotopic (exact) mass is 182 g/mol. The topological polar surface area (TPSA) is 89.4 Å². The molecule has 0 aliphatic heterocycles. The summed E-state index contributed by atoms with van der Waals surface area (Å²) in [6, 6.07) is 5.46. The zero-order chi connectivity index (χ0) is 10.1. The number of non-ortho nitro benzene ring substituents is 1. The fourth-order valence-electron chi connectivity index (χ4n) is 0.921. The van der Waals surface area contributed by atoms with Crippen LogP contribution in [0.25, 0.3) is 0 Å². The van der Waals surface area contributed by atoms with Crippen molar-refractivity contribution >= 4 is 5.69 Å². The summed E-state index contributed by atoms with van der Waals surface area (Å²) < 4.78 is 0. The van der Waals surface area contributed by atoms with Crippen LogP contribution in [0.3, 0.4) is 0 Å². The van der Waals surface area contributed by atoms with Gasteiger partial charge >= 0.3 is 0 Å². The molecule has 0 aliphatic carbocycles. The number of hydrogen-bond donors (Lipinski definition) is 2. The predicted molar refractivity (Wildman–Crippen MR) is 46.9 cm³/mol. The van der Waals surface area contributed by atoms with Crippen molar-refractivity contribution in [1.29, 1.82) is 0 Å². The summed E-state index contributed by atoms with van der Waals surface area (Å²) in [6.45, 7) is 1.41. The van der Waals surface area contributed by atoms with Crippen LogP contribution in [-0.4, -0.2) is 10.0 Å². The summed E-state index contributed by atoms with van der Waals surface area (Å²) >= 11 is 0. The van der Waals surface area contributed by atoms with Crippen LogP contribution in [0.4, 0.5) is 5.69 Å². The molecule has 70 valence electrons. The molecule has 1 rings (SSSR count). The van der Waals surface area contributed by atoms with E-state index in [0.29, 0.717) is 5.56 Å². The van der Waals surface area contributed by atoms with Gasteiger partial charge in [0, 0.05) is 12.1 Å². The predicted octanol–water partition coefficient (Wildman–Crippen LogP) is 0.719. The minimum absolute atomic E-state index is 0.0204. The highest BCUT2D eigenvalue weighted by Crippen LogP contribution is 2.18. The van der Waals surface area contributed by atoms with E-state index in [1.165, 1.54) is 31.2 Å². The molecule has 1 aromatic rings. The summed E-state index contributed by atoms with van der Waals surface area (Å²) in [6.07, 6.45) is 0. The largest absolute Gasteiger partial charge is 0.372 e. The zero-order valence-corrected chi connectivity index (χ0v) is 7.10. The Bertz CT molecular complexity index is 313. The first-order valence-corrected chi connectivity index (χ1v) is 3.67. The normalized spacial score (nSPS) is 15.0. The molecule has 0 saturated carbocycles. The van der Waals surface area contributed by atoms with Crippen LogP contribution >= 0.6 is 0 Å². The van der Waals surface area contributed by atoms with Crippen molar-refractivity contribution in [2.45, 2.75) is 12.6 Å². The quantitative estimate of drug-likeness (QED) is 0.400. The van der Waals surface area contributed by atoms with Crippen molar-refractivity contribution < 1.29 is 10.0 Å². The Morgan fingerprint density at radius 2 is 1.92 bits per heavy atom. The lowest BCUT2D eigenvalue weighted by atomic mass is 10.1. The second-order valence-electron chi connectivity index (χ2n) is 2.95. The Morgan fingerprint density at radius 3 is 2.23 bits per heavy atom. The van der Waals surface area contributed by atoms with Crippen molar-refractivity contribution in [2.75, 3.05) is 0 Å². The molecule has 0 heterocycles. The smallest absolute Gasteiger partial charge is 0.269 e. The van der Waals surface area contributed by atoms with Gasteiger partial charge in [0.15, 0.2) is 0 Å². The van der Waals surface area contributed by atoms with Gasteiger partial charge in [-0.25, -0.2) is 0 Å². The summed E-state index contributed by atoms with van der Waals surface area (Å²) in [5.41, 5.74) is 4.34. The Morgan fingerprint density at radius 1 is 1.46 bits per heavy atom. The molecular weight excluding hydrogens is 172 g/mol. The zero-order valence-electron chi connectivity index (χ0n) is 7.10.